The van der Waals surface area contributed by atoms with E-state index >= 15 is 0 Å². The molecule has 0 amide bonds. The van der Waals surface area contributed by atoms with E-state index in [1.165, 1.54) is 0 Å². The van der Waals surface area contributed by atoms with Gasteiger partial charge in [0.15, 0.2) is 5.78 Å². The first-order valence-corrected chi connectivity index (χ1v) is 7.89. The number of Topliss-reactive ketones (excluding diaryl/α,β-unsaturated/α-hetero) is 1. The second-order valence-electron chi connectivity index (χ2n) is 4.95. The lowest BCUT2D eigenvalue weighted by Gasteiger charge is -2.21. The van der Waals surface area contributed by atoms with Crippen molar-refractivity contribution in [1.29, 1.82) is 0 Å². The molecule has 2 N–H and O–H groups in total. The van der Waals surface area contributed by atoms with Gasteiger partial charge in [0.25, 0.3) is 0 Å². The van der Waals surface area contributed by atoms with Crippen molar-refractivity contribution in [2.24, 2.45) is 5.41 Å². The van der Waals surface area contributed by atoms with E-state index in [1.807, 2.05) is 13.0 Å². The van der Waals surface area contributed by atoms with Gasteiger partial charge >= 0.3 is 17.3 Å². The number of halogens is 1. The van der Waals surface area contributed by atoms with E-state index < -0.39 is 22.7 Å². The van der Waals surface area contributed by atoms with Crippen LogP contribution in [0.5, 0.6) is 0 Å². The fourth-order valence-corrected chi connectivity index (χ4v) is 1.76. The van der Waals surface area contributed by atoms with Crippen LogP contribution in [0.1, 0.15) is 36.7 Å². The molecule has 7 nitrogen and oxygen atoms in total. The number of carbonyl (C=O) groups is 2. The SMILES string of the molecule is CCOC(=O)C(C)(C)C(=O)c1cc(C)ccc1Cl.O=S(O)OO. The molecule has 0 heterocycles. The van der Waals surface area contributed by atoms with Gasteiger partial charge in [0, 0.05) is 5.56 Å². The molecule has 0 aromatic heterocycles. The Kier molecular flexibility index (Phi) is 9.18. The number of rotatable bonds is 5. The van der Waals surface area contributed by atoms with Gasteiger partial charge in [-0.3, -0.25) is 14.1 Å². The Bertz CT molecular complexity index is 586. The Balaban J connectivity index is 0.000000841. The number of hydrogen-bond acceptors (Lipinski definition) is 6. The lowest BCUT2D eigenvalue weighted by Crippen LogP contribution is -2.35. The van der Waals surface area contributed by atoms with Gasteiger partial charge in [-0.05, 0) is 39.8 Å². The van der Waals surface area contributed by atoms with Crippen molar-refractivity contribution in [2.75, 3.05) is 6.61 Å². The number of esters is 1. The molecular formula is C14H19ClO7S. The van der Waals surface area contributed by atoms with E-state index in [2.05, 4.69) is 4.33 Å². The quantitative estimate of drug-likeness (QED) is 0.206. The van der Waals surface area contributed by atoms with Crippen LogP contribution in [-0.4, -0.2) is 32.4 Å². The Labute approximate surface area is 142 Å². The summed E-state index contributed by atoms with van der Waals surface area (Å²) in [6.45, 7) is 6.91. The Morgan fingerprint density at radius 3 is 2.30 bits per heavy atom. The third-order valence-electron chi connectivity index (χ3n) is 2.78. The summed E-state index contributed by atoms with van der Waals surface area (Å²) in [5.74, 6) is -0.859. The Morgan fingerprint density at radius 2 is 1.87 bits per heavy atom. The predicted molar refractivity (Wildman–Crippen MR) is 85.4 cm³/mol. The molecule has 0 spiro atoms. The van der Waals surface area contributed by atoms with Gasteiger partial charge in [-0.25, -0.2) is 5.26 Å². The van der Waals surface area contributed by atoms with E-state index in [4.69, 9.17) is 30.4 Å². The van der Waals surface area contributed by atoms with Crippen molar-refractivity contribution in [3.8, 4) is 0 Å². The number of ketones is 1. The molecule has 0 aliphatic heterocycles. The fourth-order valence-electron chi connectivity index (χ4n) is 1.55. The van der Waals surface area contributed by atoms with Crippen molar-refractivity contribution in [1.82, 2.24) is 0 Å². The van der Waals surface area contributed by atoms with Gasteiger partial charge in [-0.2, -0.15) is 4.21 Å². The van der Waals surface area contributed by atoms with E-state index in [9.17, 15) is 9.59 Å². The molecule has 0 bridgehead atoms. The smallest absolute Gasteiger partial charge is 0.330 e. The molecule has 1 aromatic rings. The van der Waals surface area contributed by atoms with Crippen LogP contribution in [0.25, 0.3) is 0 Å². The molecular weight excluding hydrogens is 348 g/mol. The van der Waals surface area contributed by atoms with Crippen molar-refractivity contribution in [3.63, 3.8) is 0 Å². The minimum Gasteiger partial charge on any atom is -0.465 e. The summed E-state index contributed by atoms with van der Waals surface area (Å²) in [7, 11) is 0. The van der Waals surface area contributed by atoms with Crippen LogP contribution in [0.2, 0.25) is 5.02 Å². The van der Waals surface area contributed by atoms with Gasteiger partial charge in [0.05, 0.1) is 11.6 Å². The van der Waals surface area contributed by atoms with Gasteiger partial charge in [-0.1, -0.05) is 23.2 Å². The molecule has 1 atom stereocenters. The molecule has 0 aliphatic carbocycles. The van der Waals surface area contributed by atoms with Crippen LogP contribution in [-0.2, 0) is 25.2 Å². The van der Waals surface area contributed by atoms with Crippen LogP contribution in [0.15, 0.2) is 18.2 Å². The molecule has 0 aliphatic rings. The molecule has 23 heavy (non-hydrogen) atoms. The first-order valence-electron chi connectivity index (χ1n) is 6.48. The number of ether oxygens (including phenoxy) is 1. The monoisotopic (exact) mass is 366 g/mol. The van der Waals surface area contributed by atoms with Gasteiger partial charge in [0.2, 0.25) is 0 Å². The van der Waals surface area contributed by atoms with Gasteiger partial charge in [0.1, 0.15) is 5.41 Å². The number of benzene rings is 1. The maximum absolute atomic E-state index is 12.4. The summed E-state index contributed by atoms with van der Waals surface area (Å²) in [4.78, 5) is 24.2. The summed E-state index contributed by atoms with van der Waals surface area (Å²) >= 11 is 3.49. The van der Waals surface area contributed by atoms with E-state index in [0.717, 1.165) is 5.56 Å². The highest BCUT2D eigenvalue weighted by atomic mass is 35.5. The van der Waals surface area contributed by atoms with Crippen LogP contribution < -0.4 is 0 Å². The zero-order valence-electron chi connectivity index (χ0n) is 13.2. The van der Waals surface area contributed by atoms with Crippen molar-refractivity contribution < 1.29 is 32.7 Å². The Morgan fingerprint density at radius 1 is 1.35 bits per heavy atom. The van der Waals surface area contributed by atoms with Gasteiger partial charge in [-0.15, -0.1) is 4.33 Å². The van der Waals surface area contributed by atoms with E-state index in [1.54, 1.807) is 32.9 Å². The van der Waals surface area contributed by atoms with Crippen LogP contribution in [0.4, 0.5) is 0 Å². The summed E-state index contributed by atoms with van der Waals surface area (Å²) in [6, 6.07) is 5.16. The zero-order chi connectivity index (χ0) is 18.2. The summed E-state index contributed by atoms with van der Waals surface area (Å²) in [6.07, 6.45) is 0. The molecule has 0 radical (unpaired) electrons. The predicted octanol–water partition coefficient (Wildman–Crippen LogP) is 3.03. The normalized spacial score (nSPS) is 12.0. The average molecular weight is 367 g/mol. The summed E-state index contributed by atoms with van der Waals surface area (Å²) in [5, 5.41) is 7.44. The topological polar surface area (TPSA) is 110 Å². The molecule has 9 heteroatoms. The van der Waals surface area contributed by atoms with Crippen LogP contribution in [0, 0.1) is 12.3 Å². The maximum atomic E-state index is 12.4. The minimum absolute atomic E-state index is 0.247. The Hall–Kier alpha value is -1.32. The van der Waals surface area contributed by atoms with Gasteiger partial charge < -0.3 is 4.74 Å². The summed E-state index contributed by atoms with van der Waals surface area (Å²) in [5.41, 5.74) is 0.0464. The second kappa shape index (κ2) is 9.74. The first kappa shape index (κ1) is 21.7. The van der Waals surface area contributed by atoms with Crippen molar-refractivity contribution in [3.05, 3.63) is 34.3 Å². The molecule has 0 fully saturated rings. The molecule has 0 saturated heterocycles. The van der Waals surface area contributed by atoms with Crippen LogP contribution in [0.3, 0.4) is 0 Å². The zero-order valence-corrected chi connectivity index (χ0v) is 14.7. The van der Waals surface area contributed by atoms with Crippen molar-refractivity contribution >= 4 is 34.7 Å². The third kappa shape index (κ3) is 6.76. The fraction of sp³-hybridized carbons (Fsp3) is 0.429. The third-order valence-corrected chi connectivity index (χ3v) is 3.24. The van der Waals surface area contributed by atoms with E-state index in [0.29, 0.717) is 10.6 Å². The lowest BCUT2D eigenvalue weighted by atomic mass is 9.84. The van der Waals surface area contributed by atoms with E-state index in [-0.39, 0.29) is 12.4 Å². The summed E-state index contributed by atoms with van der Waals surface area (Å²) < 4.78 is 24.1. The minimum atomic E-state index is -2.52. The number of hydrogen-bond donors (Lipinski definition) is 2. The molecule has 0 saturated carbocycles. The maximum Gasteiger partial charge on any atom is 0.330 e. The lowest BCUT2D eigenvalue weighted by molar-refractivity contribution is -0.150. The highest BCUT2D eigenvalue weighted by Gasteiger charge is 2.38. The molecule has 1 aromatic carbocycles. The standard InChI is InChI=1S/C14H17ClO3.H2O4S/c1-5-18-13(17)14(3,4)12(16)10-8-9(2)6-7-11(10)15;1-4-5(2)3/h6-8H,5H2,1-4H3;1H,(H,2,3). The largest absolute Gasteiger partial charge is 0.465 e. The molecule has 130 valence electrons. The number of aryl methyl sites for hydroxylation is 1. The van der Waals surface area contributed by atoms with Crippen molar-refractivity contribution in [2.45, 2.75) is 27.7 Å². The molecule has 1 rings (SSSR count). The first-order chi connectivity index (χ1) is 10.6. The number of carbonyl (C=O) groups excluding carboxylic acids is 2. The molecule has 1 unspecified atom stereocenters. The average Bonchev–Trinajstić information content (AvgIpc) is 2.49. The second-order valence-corrected chi connectivity index (χ2v) is 5.94. The highest BCUT2D eigenvalue weighted by molar-refractivity contribution is 7.74. The van der Waals surface area contributed by atoms with Crippen LogP contribution >= 0.6 is 11.6 Å². The highest BCUT2D eigenvalue weighted by Crippen LogP contribution is 2.28.